The van der Waals surface area contributed by atoms with Gasteiger partial charge in [0, 0.05) is 34.1 Å². The zero-order chi connectivity index (χ0) is 43.2. The van der Waals surface area contributed by atoms with Crippen LogP contribution in [0.4, 0.5) is 34.1 Å². The molecule has 2 heteroatoms. The molecule has 0 unspecified atom stereocenters. The quantitative estimate of drug-likeness (QED) is 0.134. The SMILES string of the molecule is c1ccc(N(c2ccccc2)c2ccc(-c3ccc4c5c(c6ccccc6c4c3)-c3ccc(N(c4ccccc4)c4ccccc4)cc3C5(c3ccccc3)c3ccccc3)cc2)cc1. The molecule has 0 saturated heterocycles. The van der Waals surface area contributed by atoms with Crippen LogP contribution in [0.3, 0.4) is 0 Å². The van der Waals surface area contributed by atoms with Gasteiger partial charge in [0.15, 0.2) is 0 Å². The molecule has 12 rings (SSSR count). The first-order valence-corrected chi connectivity index (χ1v) is 22.4. The van der Waals surface area contributed by atoms with Crippen molar-refractivity contribution >= 4 is 55.7 Å². The summed E-state index contributed by atoms with van der Waals surface area (Å²) in [5, 5.41) is 5.01. The maximum atomic E-state index is 2.47. The maximum absolute atomic E-state index is 2.47. The standard InChI is InChI=1S/C63H44N2/c1-7-21-47(22-8-1)63(48-23-9-2-10-24-48)60-44-54(65(51-29-15-5-16-30-51)52-31-17-6-18-32-52)40-42-58(60)61-56-34-20-19-33-55(56)59-43-46(37-41-57(59)62(61)63)45-35-38-53(39-36-45)64(49-25-11-3-12-26-49)50-27-13-4-14-28-50/h1-44H. The van der Waals surface area contributed by atoms with E-state index in [0.29, 0.717) is 0 Å². The Balaban J connectivity index is 1.10. The van der Waals surface area contributed by atoms with E-state index in [1.165, 1.54) is 66.1 Å². The van der Waals surface area contributed by atoms with Crippen LogP contribution in [0.25, 0.3) is 43.8 Å². The third-order valence-electron chi connectivity index (χ3n) is 13.3. The van der Waals surface area contributed by atoms with Crippen LogP contribution in [0.1, 0.15) is 22.3 Å². The molecule has 1 aliphatic carbocycles. The van der Waals surface area contributed by atoms with Gasteiger partial charge in [0.1, 0.15) is 0 Å². The van der Waals surface area contributed by atoms with E-state index in [1.54, 1.807) is 0 Å². The van der Waals surface area contributed by atoms with E-state index >= 15 is 0 Å². The summed E-state index contributed by atoms with van der Waals surface area (Å²) < 4.78 is 0. The van der Waals surface area contributed by atoms with Gasteiger partial charge in [0.25, 0.3) is 0 Å². The highest BCUT2D eigenvalue weighted by Gasteiger charge is 2.48. The molecule has 0 aliphatic heterocycles. The van der Waals surface area contributed by atoms with E-state index in [9.17, 15) is 0 Å². The molecule has 306 valence electrons. The van der Waals surface area contributed by atoms with Gasteiger partial charge < -0.3 is 9.80 Å². The van der Waals surface area contributed by atoms with Crippen molar-refractivity contribution in [3.63, 3.8) is 0 Å². The van der Waals surface area contributed by atoms with E-state index in [4.69, 9.17) is 0 Å². The second-order valence-corrected chi connectivity index (χ2v) is 16.8. The van der Waals surface area contributed by atoms with Gasteiger partial charge in [-0.15, -0.1) is 0 Å². The molecule has 0 amide bonds. The molecule has 11 aromatic carbocycles. The van der Waals surface area contributed by atoms with Gasteiger partial charge in [-0.1, -0.05) is 188 Å². The summed E-state index contributed by atoms with van der Waals surface area (Å²) in [6, 6.07) is 97.5. The molecule has 0 saturated carbocycles. The fourth-order valence-electron chi connectivity index (χ4n) is 10.5. The number of nitrogens with zero attached hydrogens (tertiary/aromatic N) is 2. The van der Waals surface area contributed by atoms with Crippen LogP contribution >= 0.6 is 0 Å². The van der Waals surface area contributed by atoms with Crippen molar-refractivity contribution < 1.29 is 0 Å². The van der Waals surface area contributed by atoms with Crippen LogP contribution in [0, 0.1) is 0 Å². The molecule has 0 fully saturated rings. The minimum absolute atomic E-state index is 0.633. The van der Waals surface area contributed by atoms with Crippen LogP contribution in [-0.2, 0) is 5.41 Å². The van der Waals surface area contributed by atoms with Gasteiger partial charge in [0.05, 0.1) is 5.41 Å². The van der Waals surface area contributed by atoms with Gasteiger partial charge in [0.2, 0.25) is 0 Å². The summed E-state index contributed by atoms with van der Waals surface area (Å²) in [4.78, 5) is 4.70. The Hall–Kier alpha value is -8.46. The lowest BCUT2D eigenvalue weighted by atomic mass is 9.66. The van der Waals surface area contributed by atoms with Crippen LogP contribution < -0.4 is 9.80 Å². The monoisotopic (exact) mass is 828 g/mol. The molecule has 0 spiro atoms. The smallest absolute Gasteiger partial charge is 0.0720 e. The lowest BCUT2D eigenvalue weighted by Crippen LogP contribution is -2.29. The van der Waals surface area contributed by atoms with Crippen molar-refractivity contribution in [3.05, 3.63) is 289 Å². The Morgan fingerprint density at radius 1 is 0.262 bits per heavy atom. The number of hydrogen-bond donors (Lipinski definition) is 0. The molecule has 0 atom stereocenters. The van der Waals surface area contributed by atoms with Gasteiger partial charge in [-0.2, -0.15) is 0 Å². The largest absolute Gasteiger partial charge is 0.311 e. The number of rotatable bonds is 9. The highest BCUT2D eigenvalue weighted by molar-refractivity contribution is 6.20. The predicted molar refractivity (Wildman–Crippen MR) is 274 cm³/mol. The molecule has 0 heterocycles. The van der Waals surface area contributed by atoms with E-state index in [2.05, 4.69) is 277 Å². The third kappa shape index (κ3) is 6.33. The fourth-order valence-corrected chi connectivity index (χ4v) is 10.5. The highest BCUT2D eigenvalue weighted by atomic mass is 15.1. The average Bonchev–Trinajstić information content (AvgIpc) is 3.70. The second-order valence-electron chi connectivity index (χ2n) is 16.8. The van der Waals surface area contributed by atoms with Crippen LogP contribution in [0.5, 0.6) is 0 Å². The first-order chi connectivity index (χ1) is 32.3. The minimum atomic E-state index is -0.633. The second kappa shape index (κ2) is 16.0. The van der Waals surface area contributed by atoms with Gasteiger partial charge in [-0.25, -0.2) is 0 Å². The van der Waals surface area contributed by atoms with E-state index in [0.717, 1.165) is 34.1 Å². The Morgan fingerprint density at radius 2 is 0.662 bits per heavy atom. The summed E-state index contributed by atoms with van der Waals surface area (Å²) in [5.41, 5.74) is 16.1. The Morgan fingerprint density at radius 3 is 1.17 bits per heavy atom. The summed E-state index contributed by atoms with van der Waals surface area (Å²) in [6.45, 7) is 0. The van der Waals surface area contributed by atoms with Crippen LogP contribution in [0.2, 0.25) is 0 Å². The molecular formula is C63H44N2. The normalized spacial score (nSPS) is 12.4. The zero-order valence-corrected chi connectivity index (χ0v) is 35.8. The van der Waals surface area contributed by atoms with Gasteiger partial charge in [-0.05, 0) is 145 Å². The van der Waals surface area contributed by atoms with Crippen molar-refractivity contribution in [2.45, 2.75) is 5.41 Å². The first kappa shape index (κ1) is 38.2. The Labute approximate surface area is 380 Å². The van der Waals surface area contributed by atoms with Crippen molar-refractivity contribution in [1.82, 2.24) is 0 Å². The molecule has 0 bridgehead atoms. The van der Waals surface area contributed by atoms with E-state index in [-0.39, 0.29) is 0 Å². The summed E-state index contributed by atoms with van der Waals surface area (Å²) >= 11 is 0. The number of anilines is 6. The Bertz CT molecular complexity index is 3330. The van der Waals surface area contributed by atoms with Gasteiger partial charge >= 0.3 is 0 Å². The summed E-state index contributed by atoms with van der Waals surface area (Å²) in [7, 11) is 0. The highest BCUT2D eigenvalue weighted by Crippen LogP contribution is 2.61. The van der Waals surface area contributed by atoms with Crippen molar-refractivity contribution in [1.29, 1.82) is 0 Å². The molecule has 65 heavy (non-hydrogen) atoms. The minimum Gasteiger partial charge on any atom is -0.311 e. The van der Waals surface area contributed by atoms with Crippen LogP contribution in [-0.4, -0.2) is 0 Å². The molecular weight excluding hydrogens is 785 g/mol. The van der Waals surface area contributed by atoms with E-state index in [1.807, 2.05) is 0 Å². The molecule has 0 radical (unpaired) electrons. The van der Waals surface area contributed by atoms with Gasteiger partial charge in [-0.3, -0.25) is 0 Å². The fraction of sp³-hybridized carbons (Fsp3) is 0.0159. The number of fused-ring (bicyclic) bond motifs is 8. The van der Waals surface area contributed by atoms with E-state index < -0.39 is 5.41 Å². The lowest BCUT2D eigenvalue weighted by molar-refractivity contribution is 0.776. The Kier molecular flexibility index (Phi) is 9.43. The van der Waals surface area contributed by atoms with Crippen molar-refractivity contribution in [3.8, 4) is 22.3 Å². The molecule has 0 N–H and O–H groups in total. The third-order valence-corrected chi connectivity index (χ3v) is 13.3. The van der Waals surface area contributed by atoms with Crippen LogP contribution in [0.15, 0.2) is 267 Å². The maximum Gasteiger partial charge on any atom is 0.0720 e. The average molecular weight is 829 g/mol. The molecule has 2 nitrogen and oxygen atoms in total. The zero-order valence-electron chi connectivity index (χ0n) is 35.8. The lowest BCUT2D eigenvalue weighted by Gasteiger charge is -2.35. The first-order valence-electron chi connectivity index (χ1n) is 22.4. The molecule has 1 aliphatic rings. The predicted octanol–water partition coefficient (Wildman–Crippen LogP) is 17.0. The summed E-state index contributed by atoms with van der Waals surface area (Å²) in [5.74, 6) is 0. The summed E-state index contributed by atoms with van der Waals surface area (Å²) in [6.07, 6.45) is 0. The molecule has 11 aromatic rings. The molecule has 0 aromatic heterocycles. The number of para-hydroxylation sites is 4. The van der Waals surface area contributed by atoms with Crippen molar-refractivity contribution in [2.24, 2.45) is 0 Å². The number of hydrogen-bond acceptors (Lipinski definition) is 2. The topological polar surface area (TPSA) is 6.48 Å². The van der Waals surface area contributed by atoms with Crippen molar-refractivity contribution in [2.75, 3.05) is 9.80 Å². The number of benzene rings is 11.